The summed E-state index contributed by atoms with van der Waals surface area (Å²) in [6.45, 7) is 0.727. The van der Waals surface area contributed by atoms with Crippen molar-refractivity contribution >= 4 is 39.9 Å². The fraction of sp³-hybridized carbons (Fsp3) is 0.269. The smallest absolute Gasteiger partial charge is 0.313 e. The van der Waals surface area contributed by atoms with Crippen LogP contribution in [0.4, 0.5) is 11.4 Å². The number of carbonyl (C=O) groups excluding carboxylic acids is 1. The number of ether oxygens (including phenoxy) is 1. The van der Waals surface area contributed by atoms with E-state index < -0.39 is 5.92 Å². The molecular formula is C26H25IN2O3. The van der Waals surface area contributed by atoms with Gasteiger partial charge in [-0.2, -0.15) is 0 Å². The van der Waals surface area contributed by atoms with Gasteiger partial charge in [0, 0.05) is 5.69 Å². The number of hydroxylamine groups is 1. The molecule has 6 heteroatoms. The van der Waals surface area contributed by atoms with Crippen LogP contribution >= 0.6 is 22.6 Å². The van der Waals surface area contributed by atoms with Crippen LogP contribution in [0.1, 0.15) is 11.6 Å². The summed E-state index contributed by atoms with van der Waals surface area (Å²) in [5, 5.41) is 1.94. The normalized spacial score (nSPS) is 27.1. The van der Waals surface area contributed by atoms with E-state index in [-0.39, 0.29) is 28.1 Å². The molecular weight excluding hydrogens is 515 g/mol. The molecule has 0 radical (unpaired) electrons. The van der Waals surface area contributed by atoms with E-state index in [9.17, 15) is 4.79 Å². The predicted octanol–water partition coefficient (Wildman–Crippen LogP) is 5.03. The third-order valence-corrected chi connectivity index (χ3v) is 7.46. The molecule has 0 aromatic heterocycles. The minimum absolute atomic E-state index is 0.0206. The third-order valence-electron chi connectivity index (χ3n) is 6.32. The highest BCUT2D eigenvalue weighted by Gasteiger charge is 2.59. The van der Waals surface area contributed by atoms with Crippen molar-refractivity contribution in [2.75, 3.05) is 23.6 Å². The Kier molecular flexibility index (Phi) is 6.06. The maximum Gasteiger partial charge on any atom is 0.313 e. The fourth-order valence-corrected chi connectivity index (χ4v) is 6.10. The topological polar surface area (TPSA) is 42.0 Å². The molecule has 2 heterocycles. The Hall–Kier alpha value is -2.58. The van der Waals surface area contributed by atoms with Gasteiger partial charge in [-0.05, 0) is 29.8 Å². The zero-order chi connectivity index (χ0) is 22.1. The second-order valence-electron chi connectivity index (χ2n) is 8.12. The van der Waals surface area contributed by atoms with Gasteiger partial charge in [0.15, 0.2) is 0 Å². The van der Waals surface area contributed by atoms with E-state index in [0.29, 0.717) is 0 Å². The van der Waals surface area contributed by atoms with Crippen molar-refractivity contribution in [1.82, 2.24) is 0 Å². The number of hydrogen-bond acceptors (Lipinski definition) is 5. The molecule has 2 fully saturated rings. The highest BCUT2D eigenvalue weighted by atomic mass is 127. The summed E-state index contributed by atoms with van der Waals surface area (Å²) in [7, 11) is 1.46. The van der Waals surface area contributed by atoms with Gasteiger partial charge in [0.1, 0.15) is 12.0 Å². The molecule has 2 saturated heterocycles. The molecule has 0 unspecified atom stereocenters. The van der Waals surface area contributed by atoms with Crippen LogP contribution in [0.25, 0.3) is 0 Å². The Morgan fingerprint density at radius 1 is 0.906 bits per heavy atom. The van der Waals surface area contributed by atoms with Crippen LogP contribution in [0.5, 0.6) is 0 Å². The molecule has 2 aliphatic heterocycles. The molecule has 0 aliphatic carbocycles. The van der Waals surface area contributed by atoms with Crippen LogP contribution in [0.3, 0.4) is 0 Å². The number of benzene rings is 3. The van der Waals surface area contributed by atoms with Gasteiger partial charge in [0.05, 0.1) is 35.4 Å². The molecule has 5 rings (SSSR count). The van der Waals surface area contributed by atoms with E-state index in [1.807, 2.05) is 71.8 Å². The van der Waals surface area contributed by atoms with E-state index in [2.05, 4.69) is 51.8 Å². The highest BCUT2D eigenvalue weighted by Crippen LogP contribution is 2.50. The maximum atomic E-state index is 13.2. The number of nitrogens with zero attached hydrogens (tertiary/aromatic N) is 2. The lowest BCUT2D eigenvalue weighted by atomic mass is 9.90. The second kappa shape index (κ2) is 9.11. The summed E-state index contributed by atoms with van der Waals surface area (Å²) >= 11 is 2.52. The molecule has 0 N–H and O–H groups in total. The van der Waals surface area contributed by atoms with Crippen LogP contribution < -0.4 is 9.96 Å². The van der Waals surface area contributed by atoms with Crippen molar-refractivity contribution < 1.29 is 14.4 Å². The van der Waals surface area contributed by atoms with E-state index in [4.69, 9.17) is 9.57 Å². The molecule has 0 saturated carbocycles. The SMILES string of the molecule is COC(=O)[C@H]1[C@@H]2ON(c3ccccc3)C[C@@H](I)[C@@H]2N(c2ccccc2)[C@H]1c1ccccc1. The fourth-order valence-electron chi connectivity index (χ4n) is 4.98. The highest BCUT2D eigenvalue weighted by molar-refractivity contribution is 14.1. The van der Waals surface area contributed by atoms with Gasteiger partial charge in [-0.25, -0.2) is 0 Å². The molecule has 5 atom stereocenters. The van der Waals surface area contributed by atoms with Gasteiger partial charge in [0.25, 0.3) is 0 Å². The number of esters is 1. The molecule has 0 spiro atoms. The first kappa shape index (κ1) is 21.3. The van der Waals surface area contributed by atoms with Crippen LogP contribution in [-0.4, -0.2) is 35.7 Å². The molecule has 3 aromatic rings. The minimum atomic E-state index is -0.462. The van der Waals surface area contributed by atoms with Crippen molar-refractivity contribution in [2.24, 2.45) is 5.92 Å². The lowest BCUT2D eigenvalue weighted by molar-refractivity contribution is -0.152. The first-order valence-electron chi connectivity index (χ1n) is 10.8. The van der Waals surface area contributed by atoms with E-state index in [1.54, 1.807) is 0 Å². The number of anilines is 2. The van der Waals surface area contributed by atoms with Crippen LogP contribution in [-0.2, 0) is 14.4 Å². The zero-order valence-corrected chi connectivity index (χ0v) is 19.9. The Bertz CT molecular complexity index is 1050. The number of carbonyl (C=O) groups is 1. The minimum Gasteiger partial charge on any atom is -0.469 e. The third kappa shape index (κ3) is 3.75. The van der Waals surface area contributed by atoms with E-state index in [0.717, 1.165) is 23.5 Å². The van der Waals surface area contributed by atoms with Crippen molar-refractivity contribution in [3.05, 3.63) is 96.6 Å². The number of alkyl halides is 1. The quantitative estimate of drug-likeness (QED) is 0.264. The lowest BCUT2D eigenvalue weighted by Crippen LogP contribution is -2.56. The Morgan fingerprint density at radius 3 is 2.06 bits per heavy atom. The van der Waals surface area contributed by atoms with Gasteiger partial charge < -0.3 is 9.64 Å². The second-order valence-corrected chi connectivity index (χ2v) is 9.72. The van der Waals surface area contributed by atoms with Crippen molar-refractivity contribution in [1.29, 1.82) is 0 Å². The summed E-state index contributed by atoms with van der Waals surface area (Å²) in [4.78, 5) is 22.2. The van der Waals surface area contributed by atoms with Crippen molar-refractivity contribution in [2.45, 2.75) is 22.1 Å². The molecule has 2 aliphatic rings. The Labute approximate surface area is 202 Å². The monoisotopic (exact) mass is 540 g/mol. The zero-order valence-electron chi connectivity index (χ0n) is 17.8. The number of hydrogen-bond donors (Lipinski definition) is 0. The number of fused-ring (bicyclic) bond motifs is 1. The first-order chi connectivity index (χ1) is 15.7. The summed E-state index contributed by atoms with van der Waals surface area (Å²) in [6.07, 6.45) is -0.344. The van der Waals surface area contributed by atoms with E-state index >= 15 is 0 Å². The van der Waals surface area contributed by atoms with Crippen molar-refractivity contribution in [3.63, 3.8) is 0 Å². The summed E-state index contributed by atoms with van der Waals surface area (Å²) in [6, 6.07) is 30.4. The van der Waals surface area contributed by atoms with Crippen LogP contribution in [0, 0.1) is 5.92 Å². The molecule has 32 heavy (non-hydrogen) atoms. The molecule has 5 nitrogen and oxygen atoms in total. The summed E-state index contributed by atoms with van der Waals surface area (Å²) < 4.78 is 5.56. The van der Waals surface area contributed by atoms with Crippen LogP contribution in [0.15, 0.2) is 91.0 Å². The van der Waals surface area contributed by atoms with Crippen molar-refractivity contribution in [3.8, 4) is 0 Å². The van der Waals surface area contributed by atoms with Gasteiger partial charge in [-0.15, -0.1) is 0 Å². The largest absolute Gasteiger partial charge is 0.469 e. The number of rotatable bonds is 4. The molecule has 0 bridgehead atoms. The average molecular weight is 540 g/mol. The summed E-state index contributed by atoms with van der Waals surface area (Å²) in [5.74, 6) is -0.706. The first-order valence-corrected chi connectivity index (χ1v) is 12.0. The Morgan fingerprint density at radius 2 is 1.47 bits per heavy atom. The molecule has 0 amide bonds. The van der Waals surface area contributed by atoms with Crippen LogP contribution in [0.2, 0.25) is 0 Å². The standard InChI is InChI=1S/C26H25IN2O3/c1-31-26(30)22-23(18-11-5-2-6-12-18)29(20-15-9-4-10-16-20)24-21(27)17-28(32-25(22)24)19-13-7-3-8-14-19/h2-16,21-25H,17H2,1H3/t21-,22-,23+,24+,25+/m1/s1. The number of halogens is 1. The van der Waals surface area contributed by atoms with Gasteiger partial charge in [-0.1, -0.05) is 89.3 Å². The maximum absolute atomic E-state index is 13.2. The Balaban J connectivity index is 1.63. The predicted molar refractivity (Wildman–Crippen MR) is 134 cm³/mol. The molecule has 164 valence electrons. The summed E-state index contributed by atoms with van der Waals surface area (Å²) in [5.41, 5.74) is 3.16. The van der Waals surface area contributed by atoms with Gasteiger partial charge in [0.2, 0.25) is 0 Å². The lowest BCUT2D eigenvalue weighted by Gasteiger charge is -2.43. The number of methoxy groups -OCH3 is 1. The van der Waals surface area contributed by atoms with E-state index in [1.165, 1.54) is 7.11 Å². The average Bonchev–Trinajstić information content (AvgIpc) is 3.21. The molecule has 3 aromatic carbocycles. The van der Waals surface area contributed by atoms with Gasteiger partial charge >= 0.3 is 5.97 Å². The number of para-hydroxylation sites is 2. The van der Waals surface area contributed by atoms with Gasteiger partial charge in [-0.3, -0.25) is 14.7 Å².